The number of rotatable bonds is 8. The van der Waals surface area contributed by atoms with Crippen LogP contribution < -0.4 is 26.4 Å². The molecule has 0 unspecified atom stereocenters. The fourth-order valence-electron chi connectivity index (χ4n) is 8.81. The van der Waals surface area contributed by atoms with Crippen LogP contribution in [0.25, 0.3) is 33.2 Å². The highest BCUT2D eigenvalue weighted by molar-refractivity contribution is 7.20. The van der Waals surface area contributed by atoms with Gasteiger partial charge in [-0.2, -0.15) is 4.57 Å². The Labute approximate surface area is 401 Å². The van der Waals surface area contributed by atoms with E-state index in [-0.39, 0.29) is 5.78 Å². The van der Waals surface area contributed by atoms with Gasteiger partial charge in [-0.25, -0.2) is 87.8 Å². The van der Waals surface area contributed by atoms with Gasteiger partial charge in [-0.05, 0) is 34.7 Å². The van der Waals surface area contributed by atoms with Gasteiger partial charge in [0.25, 0.3) is 0 Å². The third-order valence-electron chi connectivity index (χ3n) is 12.1. The third-order valence-corrected chi connectivity index (χ3v) is 12.1. The number of hydrogen-bond donors (Lipinski definition) is 0. The van der Waals surface area contributed by atoms with E-state index in [1.54, 1.807) is 0 Å². The second-order valence-electron chi connectivity index (χ2n) is 16.0. The van der Waals surface area contributed by atoms with Crippen LogP contribution in [0.15, 0.2) is 109 Å². The van der Waals surface area contributed by atoms with E-state index < -0.39 is 144 Å². The number of fused-ring (bicyclic) bond motifs is 2. The number of hydrogen-bond acceptors (Lipinski definition) is 1. The molecule has 6 aromatic carbocycles. The number of Topliss-reactive ketones (excluding diaryl/α,β-unsaturated/α-hetero) is 1. The van der Waals surface area contributed by atoms with Crippen LogP contribution in [0.3, 0.4) is 0 Å². The number of pyridine rings is 1. The zero-order chi connectivity index (χ0) is 54.0. The normalized spacial score (nSPS) is 11.6. The lowest BCUT2D eigenvalue weighted by molar-refractivity contribution is -0.671. The summed E-state index contributed by atoms with van der Waals surface area (Å²) >= 11 is 0. The van der Waals surface area contributed by atoms with Gasteiger partial charge < -0.3 is 0 Å². The van der Waals surface area contributed by atoms with Gasteiger partial charge in [0.15, 0.2) is 76.0 Å². The van der Waals surface area contributed by atoms with Crippen LogP contribution in [0.2, 0.25) is 0 Å². The van der Waals surface area contributed by atoms with Crippen molar-refractivity contribution in [3.63, 3.8) is 0 Å². The summed E-state index contributed by atoms with van der Waals surface area (Å²) in [5, 5.41) is 2.32. The van der Waals surface area contributed by atoms with Gasteiger partial charge in [0.1, 0.15) is 52.7 Å². The predicted molar refractivity (Wildman–Crippen MR) is 226 cm³/mol. The Hall–Kier alpha value is -8.24. The van der Waals surface area contributed by atoms with Gasteiger partial charge in [0, 0.05) is 17.2 Å². The maximum absolute atomic E-state index is 15.4. The van der Waals surface area contributed by atoms with Gasteiger partial charge >= 0.3 is 0 Å². The molecule has 0 atom stereocenters. The van der Waals surface area contributed by atoms with Gasteiger partial charge in [-0.3, -0.25) is 4.79 Å². The van der Waals surface area contributed by atoms with Gasteiger partial charge in [-0.15, -0.1) is 21.9 Å². The molecule has 1 heterocycles. The average molecular weight is 1050 g/mol. The fraction of sp³-hybridized carbons (Fsp3) is 0.0196. The monoisotopic (exact) mass is 1050 g/mol. The summed E-state index contributed by atoms with van der Waals surface area (Å²) in [6, 6.07) is 34.8. The van der Waals surface area contributed by atoms with E-state index in [4.69, 9.17) is 0 Å². The molecule has 7 aromatic rings. The van der Waals surface area contributed by atoms with Crippen molar-refractivity contribution >= 4 is 44.6 Å². The quantitative estimate of drug-likeness (QED) is 0.0371. The molecule has 1 aromatic heterocycles. The number of carbonyl (C=O) groups excluding carboxylic acids is 1. The lowest BCUT2D eigenvalue weighted by Gasteiger charge is -2.44. The molecule has 0 fully saturated rings. The molecule has 0 saturated carbocycles. The SMILES string of the molecule is Fc1c(F)c(F)c([B-](c2c(F)c(F)c(F)c(F)c2F)(c2c(F)c(F)c(F)c(F)c2F)c2c(F)c(F)c(F)c(F)c2F)c(F)c1F.O=C(C[n+]1ccc2ccccc2c1-c1cc2cccccc-2c1)c1ccccc1. The van der Waals surface area contributed by atoms with Gasteiger partial charge in [0.05, 0.1) is 5.39 Å². The van der Waals surface area contributed by atoms with E-state index in [2.05, 4.69) is 65.2 Å². The van der Waals surface area contributed by atoms with Crippen molar-refractivity contribution in [2.45, 2.75) is 6.54 Å². The van der Waals surface area contributed by atoms with Gasteiger partial charge in [0.2, 0.25) is 18.0 Å². The minimum absolute atomic E-state index is 0.106. The van der Waals surface area contributed by atoms with Crippen molar-refractivity contribution < 1.29 is 97.2 Å². The van der Waals surface area contributed by atoms with Crippen molar-refractivity contribution in [1.82, 2.24) is 0 Å². The van der Waals surface area contributed by atoms with E-state index >= 15 is 35.1 Å². The van der Waals surface area contributed by atoms with Crippen molar-refractivity contribution in [2.75, 3.05) is 0 Å². The number of nitrogens with zero attached hydrogens (tertiary/aromatic N) is 1. The Kier molecular flexibility index (Phi) is 13.8. The topological polar surface area (TPSA) is 20.9 Å². The second-order valence-corrected chi connectivity index (χ2v) is 16.0. The zero-order valence-corrected chi connectivity index (χ0v) is 36.1. The maximum atomic E-state index is 15.4. The number of carbonyl (C=O) groups is 1. The molecule has 0 spiro atoms. The molecule has 9 rings (SSSR count). The standard InChI is InChI=1S/C27H20NO.C24BF20/c29-26(21-10-3-1-4-11-21)19-28-16-15-20-9-7-8-14-25(20)27(28)24-17-22-12-5-2-6-13-23(22)18-24;26-5-1(6(27)14(35)21(42)13(5)34)25(2-7(28)15(36)22(43)16(37)8(2)29,3-9(30)17(38)23(44)18(39)10(3)31)4-11(32)19(40)24(45)20(41)12(4)33/h1-18H,19H2;/q+1;-1. The van der Waals surface area contributed by atoms with Crippen molar-refractivity contribution in [3.8, 4) is 22.4 Å². The molecular formula is C51H20BF20NO. The molecule has 23 heteroatoms. The number of benzene rings is 6. The van der Waals surface area contributed by atoms with Crippen molar-refractivity contribution in [1.29, 1.82) is 0 Å². The summed E-state index contributed by atoms with van der Waals surface area (Å²) in [6.45, 7) is 0.305. The molecule has 0 amide bonds. The number of halogens is 20. The first-order valence-electron chi connectivity index (χ1n) is 20.7. The first kappa shape index (κ1) is 52.1. The summed E-state index contributed by atoms with van der Waals surface area (Å²) < 4.78 is 296. The second kappa shape index (κ2) is 19.6. The number of aromatic nitrogens is 1. The minimum atomic E-state index is -7.22. The molecule has 2 aliphatic rings. The Balaban J connectivity index is 0.000000215. The summed E-state index contributed by atoms with van der Waals surface area (Å²) in [6.07, 6.45) is -5.19. The molecule has 74 heavy (non-hydrogen) atoms. The molecule has 2 nitrogen and oxygen atoms in total. The first-order chi connectivity index (χ1) is 35.0. The lowest BCUT2D eigenvalue weighted by Crippen LogP contribution is -2.81. The third kappa shape index (κ3) is 8.13. The Morgan fingerprint density at radius 2 is 0.635 bits per heavy atom. The highest BCUT2D eigenvalue weighted by atomic mass is 19.2. The van der Waals surface area contributed by atoms with E-state index in [0.717, 1.165) is 22.2 Å². The molecule has 0 radical (unpaired) electrons. The molecule has 0 bridgehead atoms. The smallest absolute Gasteiger partial charge is 0.227 e. The van der Waals surface area contributed by atoms with Crippen LogP contribution in [-0.2, 0) is 6.54 Å². The molecular weight excluding hydrogens is 1030 g/mol. The van der Waals surface area contributed by atoms with Crippen LogP contribution in [-0.4, -0.2) is 11.9 Å². The Morgan fingerprint density at radius 1 is 0.338 bits per heavy atom. The Bertz CT molecular complexity index is 3330. The first-order valence-corrected chi connectivity index (χ1v) is 20.7. The minimum Gasteiger partial charge on any atom is -0.287 e. The average Bonchev–Trinajstić information content (AvgIpc) is 3.67. The number of ketones is 1. The fourth-order valence-corrected chi connectivity index (χ4v) is 8.81. The zero-order valence-electron chi connectivity index (χ0n) is 36.1. The largest absolute Gasteiger partial charge is 0.287 e. The van der Waals surface area contributed by atoms with Crippen molar-refractivity contribution in [3.05, 3.63) is 231 Å². The van der Waals surface area contributed by atoms with Crippen LogP contribution in [0, 0.1) is 116 Å². The van der Waals surface area contributed by atoms with Crippen molar-refractivity contribution in [2.24, 2.45) is 0 Å². The summed E-state index contributed by atoms with van der Waals surface area (Å²) in [4.78, 5) is 12.9. The summed E-state index contributed by atoms with van der Waals surface area (Å²) in [5.41, 5.74) is -9.00. The summed E-state index contributed by atoms with van der Waals surface area (Å²) in [5.74, 6) is -71.3. The van der Waals surface area contributed by atoms with Crippen LogP contribution in [0.1, 0.15) is 10.4 Å². The molecule has 0 aliphatic heterocycles. The predicted octanol–water partition coefficient (Wildman–Crippen LogP) is 11.6. The van der Waals surface area contributed by atoms with Crippen LogP contribution in [0.5, 0.6) is 0 Å². The van der Waals surface area contributed by atoms with Crippen LogP contribution in [0.4, 0.5) is 87.8 Å². The molecule has 2 aliphatic carbocycles. The molecule has 0 N–H and O–H groups in total. The van der Waals surface area contributed by atoms with E-state index in [1.165, 1.54) is 16.5 Å². The molecule has 0 saturated heterocycles. The lowest BCUT2D eigenvalue weighted by atomic mass is 9.12. The van der Waals surface area contributed by atoms with E-state index in [1.807, 2.05) is 48.7 Å². The van der Waals surface area contributed by atoms with Gasteiger partial charge in [-0.1, -0.05) is 78.9 Å². The molecule has 378 valence electrons. The van der Waals surface area contributed by atoms with Crippen LogP contribution >= 0.6 is 0 Å². The Morgan fingerprint density at radius 3 is 0.986 bits per heavy atom. The summed E-state index contributed by atoms with van der Waals surface area (Å²) in [7, 11) is 0. The van der Waals surface area contributed by atoms with E-state index in [9.17, 15) is 57.5 Å². The van der Waals surface area contributed by atoms with E-state index in [0.29, 0.717) is 6.54 Å². The maximum Gasteiger partial charge on any atom is 0.227 e. The highest BCUT2D eigenvalue weighted by Crippen LogP contribution is 2.35. The highest BCUT2D eigenvalue weighted by Gasteiger charge is 2.52.